The molecule has 0 bridgehead atoms. The van der Waals surface area contributed by atoms with Crippen molar-refractivity contribution in [2.75, 3.05) is 5.32 Å². The van der Waals surface area contributed by atoms with Gasteiger partial charge in [0, 0.05) is 18.2 Å². The molecule has 2 aromatic rings. The standard InChI is InChI=1S/C20H21ClN2O2/c21-18-11-4-3-10-17(18)20(25)22-13-14-6-5-9-16(12-14)23-19(24)15-7-1-2-8-15/h3-6,9-12,15H,1-2,7-8,13H2,(H,22,25)(H,23,24). The normalized spacial score (nSPS) is 14.3. The maximum Gasteiger partial charge on any atom is 0.253 e. The molecular weight excluding hydrogens is 336 g/mol. The first-order valence-corrected chi connectivity index (χ1v) is 8.94. The Bertz CT molecular complexity index is 770. The average molecular weight is 357 g/mol. The Balaban J connectivity index is 1.59. The molecule has 130 valence electrons. The SMILES string of the molecule is O=C(NCc1cccc(NC(=O)C2CCCC2)c1)c1ccccc1Cl. The van der Waals surface area contributed by atoms with Crippen LogP contribution in [-0.4, -0.2) is 11.8 Å². The van der Waals surface area contributed by atoms with Gasteiger partial charge in [0.2, 0.25) is 5.91 Å². The fraction of sp³-hybridized carbons (Fsp3) is 0.300. The molecule has 0 saturated heterocycles. The van der Waals surface area contributed by atoms with Crippen molar-refractivity contribution in [3.05, 3.63) is 64.7 Å². The Hall–Kier alpha value is -2.33. The van der Waals surface area contributed by atoms with Crippen molar-refractivity contribution < 1.29 is 9.59 Å². The van der Waals surface area contributed by atoms with E-state index in [-0.39, 0.29) is 17.7 Å². The summed E-state index contributed by atoms with van der Waals surface area (Å²) in [5.74, 6) is 0.00401. The van der Waals surface area contributed by atoms with E-state index in [0.717, 1.165) is 36.9 Å². The summed E-state index contributed by atoms with van der Waals surface area (Å²) in [6.07, 6.45) is 4.21. The third-order valence-corrected chi connectivity index (χ3v) is 4.82. The van der Waals surface area contributed by atoms with Crippen LogP contribution in [0.4, 0.5) is 5.69 Å². The second-order valence-electron chi connectivity index (χ2n) is 6.33. The van der Waals surface area contributed by atoms with Gasteiger partial charge in [-0.15, -0.1) is 0 Å². The summed E-state index contributed by atoms with van der Waals surface area (Å²) in [6.45, 7) is 0.372. The molecular formula is C20H21ClN2O2. The number of amides is 2. The highest BCUT2D eigenvalue weighted by Gasteiger charge is 2.22. The molecule has 4 nitrogen and oxygen atoms in total. The van der Waals surface area contributed by atoms with Crippen molar-refractivity contribution in [3.8, 4) is 0 Å². The minimum absolute atomic E-state index is 0.0924. The van der Waals surface area contributed by atoms with E-state index in [4.69, 9.17) is 11.6 Å². The molecule has 0 radical (unpaired) electrons. The van der Waals surface area contributed by atoms with Gasteiger partial charge in [-0.25, -0.2) is 0 Å². The van der Waals surface area contributed by atoms with Crippen LogP contribution in [0, 0.1) is 5.92 Å². The Labute approximate surface area is 152 Å². The third kappa shape index (κ3) is 4.60. The van der Waals surface area contributed by atoms with Crippen LogP contribution < -0.4 is 10.6 Å². The lowest BCUT2D eigenvalue weighted by molar-refractivity contribution is -0.119. The van der Waals surface area contributed by atoms with E-state index in [1.807, 2.05) is 24.3 Å². The first kappa shape index (κ1) is 17.5. The molecule has 1 fully saturated rings. The summed E-state index contributed by atoms with van der Waals surface area (Å²) >= 11 is 6.04. The maximum absolute atomic E-state index is 12.2. The molecule has 2 amide bonds. The molecule has 0 atom stereocenters. The van der Waals surface area contributed by atoms with E-state index in [1.165, 1.54) is 0 Å². The highest BCUT2D eigenvalue weighted by molar-refractivity contribution is 6.33. The Morgan fingerprint density at radius 2 is 1.80 bits per heavy atom. The second-order valence-corrected chi connectivity index (χ2v) is 6.74. The smallest absolute Gasteiger partial charge is 0.253 e. The van der Waals surface area contributed by atoms with Crippen molar-refractivity contribution >= 4 is 29.1 Å². The van der Waals surface area contributed by atoms with Crippen molar-refractivity contribution in [2.45, 2.75) is 32.2 Å². The molecule has 0 aliphatic heterocycles. The lowest BCUT2D eigenvalue weighted by atomic mass is 10.1. The highest BCUT2D eigenvalue weighted by Crippen LogP contribution is 2.26. The number of hydrogen-bond donors (Lipinski definition) is 2. The number of hydrogen-bond acceptors (Lipinski definition) is 2. The predicted octanol–water partition coefficient (Wildman–Crippen LogP) is 4.40. The lowest BCUT2D eigenvalue weighted by Gasteiger charge is -2.12. The van der Waals surface area contributed by atoms with E-state index in [0.29, 0.717) is 17.1 Å². The van der Waals surface area contributed by atoms with E-state index < -0.39 is 0 Å². The van der Waals surface area contributed by atoms with Crippen LogP contribution in [0.1, 0.15) is 41.6 Å². The van der Waals surface area contributed by atoms with Gasteiger partial charge in [-0.1, -0.05) is 48.7 Å². The number of rotatable bonds is 5. The van der Waals surface area contributed by atoms with Crippen molar-refractivity contribution in [3.63, 3.8) is 0 Å². The van der Waals surface area contributed by atoms with Gasteiger partial charge < -0.3 is 10.6 Å². The number of nitrogens with one attached hydrogen (secondary N) is 2. The molecule has 0 heterocycles. The van der Waals surface area contributed by atoms with Crippen LogP contribution in [0.25, 0.3) is 0 Å². The van der Waals surface area contributed by atoms with E-state index in [2.05, 4.69) is 10.6 Å². The quantitative estimate of drug-likeness (QED) is 0.834. The topological polar surface area (TPSA) is 58.2 Å². The molecule has 1 aliphatic rings. The summed E-state index contributed by atoms with van der Waals surface area (Å²) in [7, 11) is 0. The van der Waals surface area contributed by atoms with E-state index in [1.54, 1.807) is 24.3 Å². The molecule has 0 aromatic heterocycles. The molecule has 1 saturated carbocycles. The summed E-state index contributed by atoms with van der Waals surface area (Å²) in [6, 6.07) is 14.5. The van der Waals surface area contributed by atoms with Crippen LogP contribution in [-0.2, 0) is 11.3 Å². The van der Waals surface area contributed by atoms with Gasteiger partial charge in [0.1, 0.15) is 0 Å². The summed E-state index contributed by atoms with van der Waals surface area (Å²) in [4.78, 5) is 24.4. The largest absolute Gasteiger partial charge is 0.348 e. The summed E-state index contributed by atoms with van der Waals surface area (Å²) in [5.41, 5.74) is 2.14. The number of benzene rings is 2. The molecule has 0 spiro atoms. The van der Waals surface area contributed by atoms with Gasteiger partial charge in [0.05, 0.1) is 10.6 Å². The van der Waals surface area contributed by atoms with Gasteiger partial charge >= 0.3 is 0 Å². The minimum Gasteiger partial charge on any atom is -0.348 e. The van der Waals surface area contributed by atoms with Crippen LogP contribution in [0.15, 0.2) is 48.5 Å². The third-order valence-electron chi connectivity index (χ3n) is 4.49. The van der Waals surface area contributed by atoms with Crippen molar-refractivity contribution in [1.29, 1.82) is 0 Å². The monoisotopic (exact) mass is 356 g/mol. The fourth-order valence-electron chi connectivity index (χ4n) is 3.11. The number of carbonyl (C=O) groups excluding carboxylic acids is 2. The van der Waals surface area contributed by atoms with Gasteiger partial charge in [-0.3, -0.25) is 9.59 Å². The first-order chi connectivity index (χ1) is 12.1. The summed E-state index contributed by atoms with van der Waals surface area (Å²) in [5, 5.41) is 6.26. The van der Waals surface area contributed by atoms with Gasteiger partial charge in [0.15, 0.2) is 0 Å². The number of anilines is 1. The zero-order valence-electron chi connectivity index (χ0n) is 13.9. The molecule has 5 heteroatoms. The molecule has 2 aromatic carbocycles. The minimum atomic E-state index is -0.217. The number of carbonyl (C=O) groups is 2. The van der Waals surface area contributed by atoms with E-state index in [9.17, 15) is 9.59 Å². The fourth-order valence-corrected chi connectivity index (χ4v) is 3.34. The van der Waals surface area contributed by atoms with Gasteiger partial charge in [-0.2, -0.15) is 0 Å². The first-order valence-electron chi connectivity index (χ1n) is 8.56. The molecule has 1 aliphatic carbocycles. The predicted molar refractivity (Wildman–Crippen MR) is 99.7 cm³/mol. The second kappa shape index (κ2) is 8.17. The van der Waals surface area contributed by atoms with Crippen LogP contribution in [0.3, 0.4) is 0 Å². The lowest BCUT2D eigenvalue weighted by Crippen LogP contribution is -2.23. The average Bonchev–Trinajstić information content (AvgIpc) is 3.15. The molecule has 25 heavy (non-hydrogen) atoms. The number of halogens is 1. The molecule has 0 unspecified atom stereocenters. The Morgan fingerprint density at radius 1 is 1.04 bits per heavy atom. The molecule has 2 N–H and O–H groups in total. The summed E-state index contributed by atoms with van der Waals surface area (Å²) < 4.78 is 0. The van der Waals surface area contributed by atoms with Crippen molar-refractivity contribution in [2.24, 2.45) is 5.92 Å². The van der Waals surface area contributed by atoms with Crippen molar-refractivity contribution in [1.82, 2.24) is 5.32 Å². The zero-order valence-corrected chi connectivity index (χ0v) is 14.7. The Kier molecular flexibility index (Phi) is 5.71. The van der Waals surface area contributed by atoms with E-state index >= 15 is 0 Å². The van der Waals surface area contributed by atoms with Crippen LogP contribution >= 0.6 is 11.6 Å². The zero-order chi connectivity index (χ0) is 17.6. The Morgan fingerprint density at radius 3 is 2.56 bits per heavy atom. The highest BCUT2D eigenvalue weighted by atomic mass is 35.5. The maximum atomic E-state index is 12.2. The molecule has 3 rings (SSSR count). The van der Waals surface area contributed by atoms with Crippen LogP contribution in [0.5, 0.6) is 0 Å². The van der Waals surface area contributed by atoms with Crippen LogP contribution in [0.2, 0.25) is 5.02 Å². The van der Waals surface area contributed by atoms with Gasteiger partial charge in [0.25, 0.3) is 5.91 Å². The van der Waals surface area contributed by atoms with Gasteiger partial charge in [-0.05, 0) is 42.7 Å².